The number of benzene rings is 1. The quantitative estimate of drug-likeness (QED) is 0.775. The van der Waals surface area contributed by atoms with Gasteiger partial charge in [-0.05, 0) is 49.1 Å². The van der Waals surface area contributed by atoms with Crippen LogP contribution in [0.1, 0.15) is 44.1 Å². The molecule has 4 heteroatoms. The van der Waals surface area contributed by atoms with Crippen LogP contribution in [0, 0.1) is 11.3 Å². The van der Waals surface area contributed by atoms with Crippen LogP contribution >= 0.6 is 0 Å². The molecule has 1 atom stereocenters. The number of carbonyl (C=O) groups is 1. The summed E-state index contributed by atoms with van der Waals surface area (Å²) in [6.45, 7) is 4.48. The lowest BCUT2D eigenvalue weighted by Crippen LogP contribution is -2.40. The molecule has 1 aliphatic heterocycles. The van der Waals surface area contributed by atoms with Crippen LogP contribution < -0.4 is 5.32 Å². The molecule has 0 bridgehead atoms. The van der Waals surface area contributed by atoms with Gasteiger partial charge in [0.05, 0.1) is 0 Å². The molecule has 1 unspecified atom stereocenters. The van der Waals surface area contributed by atoms with Gasteiger partial charge in [0.1, 0.15) is 6.61 Å². The second kappa shape index (κ2) is 9.52. The first-order valence-corrected chi connectivity index (χ1v) is 10.2. The molecule has 1 aromatic rings. The summed E-state index contributed by atoms with van der Waals surface area (Å²) in [4.78, 5) is 14.5. The highest BCUT2D eigenvalue weighted by Gasteiger charge is 2.46. The Morgan fingerprint density at radius 1 is 1.23 bits per heavy atom. The van der Waals surface area contributed by atoms with E-state index in [1.54, 1.807) is 7.11 Å². The van der Waals surface area contributed by atoms with Crippen molar-refractivity contribution in [1.82, 2.24) is 10.2 Å². The lowest BCUT2D eigenvalue weighted by Gasteiger charge is -2.38. The van der Waals surface area contributed by atoms with Crippen molar-refractivity contribution in [3.8, 4) is 0 Å². The topological polar surface area (TPSA) is 41.6 Å². The Balaban J connectivity index is 1.52. The number of ether oxygens (including phenoxy) is 1. The molecule has 2 fully saturated rings. The molecule has 0 aromatic heterocycles. The predicted molar refractivity (Wildman–Crippen MR) is 105 cm³/mol. The second-order valence-corrected chi connectivity index (χ2v) is 8.18. The minimum Gasteiger partial charge on any atom is -0.375 e. The summed E-state index contributed by atoms with van der Waals surface area (Å²) in [5, 5.41) is 3.11. The number of methoxy groups -OCH3 is 1. The molecule has 1 amide bonds. The second-order valence-electron chi connectivity index (χ2n) is 8.18. The molecule has 1 spiro atoms. The van der Waals surface area contributed by atoms with E-state index in [1.807, 2.05) is 0 Å². The zero-order valence-corrected chi connectivity index (χ0v) is 16.2. The van der Waals surface area contributed by atoms with Gasteiger partial charge in [-0.25, -0.2) is 0 Å². The first kappa shape index (κ1) is 19.4. The molecule has 1 saturated carbocycles. The van der Waals surface area contributed by atoms with Gasteiger partial charge in [-0.1, -0.05) is 49.6 Å². The summed E-state index contributed by atoms with van der Waals surface area (Å²) < 4.78 is 4.95. The molecule has 1 saturated heterocycles. The van der Waals surface area contributed by atoms with Gasteiger partial charge in [0.25, 0.3) is 0 Å². The molecular weight excluding hydrogens is 324 g/mol. The van der Waals surface area contributed by atoms with E-state index in [2.05, 4.69) is 40.5 Å². The van der Waals surface area contributed by atoms with Gasteiger partial charge in [-0.2, -0.15) is 0 Å². The number of likely N-dealkylation sites (tertiary alicyclic amines) is 1. The van der Waals surface area contributed by atoms with Crippen molar-refractivity contribution in [2.75, 3.05) is 39.9 Å². The molecule has 1 aliphatic carbocycles. The fourth-order valence-corrected chi connectivity index (χ4v) is 4.99. The zero-order valence-electron chi connectivity index (χ0n) is 16.2. The standard InChI is InChI=1S/C22H34N2O2/c1-26-17-21(25)23-15-20-16-24(18-22(20)12-6-3-7-13-22)14-8-11-19-9-4-2-5-10-19/h2,4-5,9-10,20H,3,6-8,11-18H2,1H3,(H,23,25). The van der Waals surface area contributed by atoms with Crippen LogP contribution in [0.4, 0.5) is 0 Å². The van der Waals surface area contributed by atoms with Gasteiger partial charge in [0.15, 0.2) is 0 Å². The van der Waals surface area contributed by atoms with E-state index in [0.29, 0.717) is 11.3 Å². The van der Waals surface area contributed by atoms with Crippen molar-refractivity contribution in [2.24, 2.45) is 11.3 Å². The number of hydrogen-bond donors (Lipinski definition) is 1. The van der Waals surface area contributed by atoms with Crippen LogP contribution in [-0.2, 0) is 16.0 Å². The third kappa shape index (κ3) is 5.08. The Labute approximate surface area is 158 Å². The summed E-state index contributed by atoms with van der Waals surface area (Å²) >= 11 is 0. The monoisotopic (exact) mass is 358 g/mol. The van der Waals surface area contributed by atoms with Gasteiger partial charge < -0.3 is 15.0 Å². The molecule has 26 heavy (non-hydrogen) atoms. The Hall–Kier alpha value is -1.39. The van der Waals surface area contributed by atoms with E-state index in [-0.39, 0.29) is 12.5 Å². The Morgan fingerprint density at radius 3 is 2.73 bits per heavy atom. The summed E-state index contributed by atoms with van der Waals surface area (Å²) in [5.74, 6) is 0.598. The van der Waals surface area contributed by atoms with Crippen LogP contribution in [0.25, 0.3) is 0 Å². The zero-order chi connectivity index (χ0) is 18.2. The van der Waals surface area contributed by atoms with E-state index < -0.39 is 0 Å². The average Bonchev–Trinajstić information content (AvgIpc) is 2.98. The minimum atomic E-state index is 0.0148. The third-order valence-corrected chi connectivity index (χ3v) is 6.34. The van der Waals surface area contributed by atoms with Crippen molar-refractivity contribution in [3.05, 3.63) is 35.9 Å². The maximum absolute atomic E-state index is 11.8. The summed E-state index contributed by atoms with van der Waals surface area (Å²) in [6.07, 6.45) is 9.09. The summed E-state index contributed by atoms with van der Waals surface area (Å²) in [7, 11) is 1.58. The van der Waals surface area contributed by atoms with Crippen molar-refractivity contribution in [1.29, 1.82) is 0 Å². The normalized spacial score (nSPS) is 22.6. The molecule has 1 N–H and O–H groups in total. The van der Waals surface area contributed by atoms with Crippen LogP contribution in [0.15, 0.2) is 30.3 Å². The smallest absolute Gasteiger partial charge is 0.245 e. The van der Waals surface area contributed by atoms with Gasteiger partial charge in [0.2, 0.25) is 5.91 Å². The SMILES string of the molecule is COCC(=O)NCC1CN(CCCc2ccccc2)CC12CCCCC2. The largest absolute Gasteiger partial charge is 0.375 e. The number of amides is 1. The van der Waals surface area contributed by atoms with Gasteiger partial charge in [-0.15, -0.1) is 0 Å². The number of nitrogens with zero attached hydrogens (tertiary/aromatic N) is 1. The van der Waals surface area contributed by atoms with E-state index >= 15 is 0 Å². The number of nitrogens with one attached hydrogen (secondary N) is 1. The average molecular weight is 359 g/mol. The van der Waals surface area contributed by atoms with Crippen LogP contribution in [0.2, 0.25) is 0 Å². The molecule has 144 valence electrons. The molecule has 1 heterocycles. The Morgan fingerprint density at radius 2 is 2.00 bits per heavy atom. The highest BCUT2D eigenvalue weighted by molar-refractivity contribution is 5.77. The third-order valence-electron chi connectivity index (χ3n) is 6.34. The highest BCUT2D eigenvalue weighted by Crippen LogP contribution is 2.47. The van der Waals surface area contributed by atoms with Gasteiger partial charge >= 0.3 is 0 Å². The molecule has 3 rings (SSSR count). The van der Waals surface area contributed by atoms with E-state index in [0.717, 1.165) is 19.5 Å². The first-order valence-electron chi connectivity index (χ1n) is 10.2. The van der Waals surface area contributed by atoms with E-state index in [4.69, 9.17) is 4.74 Å². The lowest BCUT2D eigenvalue weighted by atomic mass is 9.67. The van der Waals surface area contributed by atoms with Gasteiger partial charge in [0, 0.05) is 26.7 Å². The Bertz CT molecular complexity index is 555. The minimum absolute atomic E-state index is 0.0148. The molecular formula is C22H34N2O2. The summed E-state index contributed by atoms with van der Waals surface area (Å²) in [6, 6.07) is 10.8. The van der Waals surface area contributed by atoms with Crippen LogP contribution in [0.5, 0.6) is 0 Å². The fraction of sp³-hybridized carbons (Fsp3) is 0.682. The molecule has 0 radical (unpaired) electrons. The number of rotatable bonds is 8. The van der Waals surface area contributed by atoms with Crippen molar-refractivity contribution < 1.29 is 9.53 Å². The number of hydrogen-bond acceptors (Lipinski definition) is 3. The van der Waals surface area contributed by atoms with Crippen LogP contribution in [0.3, 0.4) is 0 Å². The highest BCUT2D eigenvalue weighted by atomic mass is 16.5. The molecule has 2 aliphatic rings. The fourth-order valence-electron chi connectivity index (χ4n) is 4.99. The van der Waals surface area contributed by atoms with Crippen molar-refractivity contribution >= 4 is 5.91 Å². The molecule has 1 aromatic carbocycles. The van der Waals surface area contributed by atoms with Crippen LogP contribution in [-0.4, -0.2) is 50.7 Å². The van der Waals surface area contributed by atoms with E-state index in [9.17, 15) is 4.79 Å². The summed E-state index contributed by atoms with van der Waals surface area (Å²) in [5.41, 5.74) is 1.85. The first-order chi connectivity index (χ1) is 12.7. The number of carbonyl (C=O) groups excluding carboxylic acids is 1. The lowest BCUT2D eigenvalue weighted by molar-refractivity contribution is -0.125. The molecule has 4 nitrogen and oxygen atoms in total. The predicted octanol–water partition coefficient (Wildman–Crippen LogP) is 3.26. The maximum atomic E-state index is 11.8. The maximum Gasteiger partial charge on any atom is 0.245 e. The van der Waals surface area contributed by atoms with Gasteiger partial charge in [-0.3, -0.25) is 4.79 Å². The van der Waals surface area contributed by atoms with E-state index in [1.165, 1.54) is 57.2 Å². The Kier molecular flexibility index (Phi) is 7.09. The van der Waals surface area contributed by atoms with Crippen molar-refractivity contribution in [3.63, 3.8) is 0 Å². The van der Waals surface area contributed by atoms with Crippen molar-refractivity contribution in [2.45, 2.75) is 44.9 Å². The number of aryl methyl sites for hydroxylation is 1.